The molecule has 1 amide bonds. The number of Topliss-reactive ketones (excluding diaryl/α,β-unsaturated/α-hetero) is 1. The van der Waals surface area contributed by atoms with Crippen LogP contribution in [0.3, 0.4) is 0 Å². The molecule has 0 aliphatic carbocycles. The number of hydrogen-bond donors (Lipinski definition) is 0. The van der Waals surface area contributed by atoms with Crippen LogP contribution in [0.4, 0.5) is 5.69 Å². The summed E-state index contributed by atoms with van der Waals surface area (Å²) in [6.07, 6.45) is 0. The van der Waals surface area contributed by atoms with E-state index in [1.807, 2.05) is 6.07 Å². The molecule has 2 aromatic rings. The van der Waals surface area contributed by atoms with Gasteiger partial charge in [0, 0.05) is 5.02 Å². The molecule has 0 radical (unpaired) electrons. The molecule has 1 aliphatic rings. The van der Waals surface area contributed by atoms with Crippen molar-refractivity contribution < 1.29 is 14.3 Å². The van der Waals surface area contributed by atoms with Gasteiger partial charge in [-0.05, 0) is 23.8 Å². The summed E-state index contributed by atoms with van der Waals surface area (Å²) in [7, 11) is 1.48. The molecule has 0 bridgehead atoms. The van der Waals surface area contributed by atoms with E-state index in [0.29, 0.717) is 16.5 Å². The lowest BCUT2D eigenvalue weighted by molar-refractivity contribution is -0.114. The Kier molecular flexibility index (Phi) is 3.81. The molecule has 3 rings (SSSR count). The van der Waals surface area contributed by atoms with E-state index in [2.05, 4.69) is 0 Å². The summed E-state index contributed by atoms with van der Waals surface area (Å²) in [5.41, 5.74) is 1.31. The van der Waals surface area contributed by atoms with Gasteiger partial charge in [-0.3, -0.25) is 14.5 Å². The van der Waals surface area contributed by atoms with E-state index in [1.165, 1.54) is 12.0 Å². The number of halogens is 2. The summed E-state index contributed by atoms with van der Waals surface area (Å²) < 4.78 is 5.27. The van der Waals surface area contributed by atoms with Gasteiger partial charge in [0.2, 0.25) is 0 Å². The SMILES string of the molecule is COc1ccc(Cl)c2c1N(Cc1ccccc1Cl)C(=O)C2=O. The molecule has 22 heavy (non-hydrogen) atoms. The summed E-state index contributed by atoms with van der Waals surface area (Å²) in [5, 5.41) is 0.757. The van der Waals surface area contributed by atoms with Crippen LogP contribution in [0.15, 0.2) is 36.4 Å². The first-order chi connectivity index (χ1) is 10.5. The van der Waals surface area contributed by atoms with Crippen LogP contribution < -0.4 is 9.64 Å². The Morgan fingerprint density at radius 3 is 2.45 bits per heavy atom. The largest absolute Gasteiger partial charge is 0.495 e. The number of nitrogens with zero attached hydrogens (tertiary/aromatic N) is 1. The minimum absolute atomic E-state index is 0.175. The molecule has 0 unspecified atom stereocenters. The topological polar surface area (TPSA) is 46.6 Å². The number of benzene rings is 2. The summed E-state index contributed by atoms with van der Waals surface area (Å²) >= 11 is 12.2. The normalized spacial score (nSPS) is 13.5. The Labute approximate surface area is 137 Å². The van der Waals surface area contributed by atoms with Crippen molar-refractivity contribution in [3.63, 3.8) is 0 Å². The number of fused-ring (bicyclic) bond motifs is 1. The van der Waals surface area contributed by atoms with E-state index >= 15 is 0 Å². The molecule has 4 nitrogen and oxygen atoms in total. The monoisotopic (exact) mass is 335 g/mol. The van der Waals surface area contributed by atoms with Crippen molar-refractivity contribution >= 4 is 40.6 Å². The van der Waals surface area contributed by atoms with Crippen molar-refractivity contribution in [2.75, 3.05) is 12.0 Å². The third-order valence-corrected chi connectivity index (χ3v) is 4.22. The van der Waals surface area contributed by atoms with Gasteiger partial charge in [0.15, 0.2) is 0 Å². The number of carbonyl (C=O) groups is 2. The summed E-state index contributed by atoms with van der Waals surface area (Å²) in [5.74, 6) is -0.849. The van der Waals surface area contributed by atoms with Crippen molar-refractivity contribution in [3.8, 4) is 5.75 Å². The van der Waals surface area contributed by atoms with Crippen LogP contribution in [-0.4, -0.2) is 18.8 Å². The number of amides is 1. The second kappa shape index (κ2) is 5.63. The molecule has 0 saturated heterocycles. The Balaban J connectivity index is 2.12. The number of ketones is 1. The summed E-state index contributed by atoms with van der Waals surface area (Å²) in [4.78, 5) is 25.9. The smallest absolute Gasteiger partial charge is 0.299 e. The fraction of sp³-hybridized carbons (Fsp3) is 0.125. The molecule has 6 heteroatoms. The number of methoxy groups -OCH3 is 1. The molecule has 0 N–H and O–H groups in total. The molecular formula is C16H11Cl2NO3. The van der Waals surface area contributed by atoms with Gasteiger partial charge in [0.1, 0.15) is 5.75 Å². The molecule has 112 valence electrons. The van der Waals surface area contributed by atoms with Gasteiger partial charge in [-0.1, -0.05) is 41.4 Å². The van der Waals surface area contributed by atoms with Crippen LogP contribution in [-0.2, 0) is 11.3 Å². The van der Waals surface area contributed by atoms with E-state index in [1.54, 1.807) is 30.3 Å². The van der Waals surface area contributed by atoms with Gasteiger partial charge in [-0.2, -0.15) is 0 Å². The minimum Gasteiger partial charge on any atom is -0.495 e. The summed E-state index contributed by atoms with van der Waals surface area (Å²) in [6.45, 7) is 0.175. The zero-order valence-corrected chi connectivity index (χ0v) is 13.1. The highest BCUT2D eigenvalue weighted by Crippen LogP contribution is 2.42. The van der Waals surface area contributed by atoms with Crippen molar-refractivity contribution in [1.82, 2.24) is 0 Å². The Morgan fingerprint density at radius 2 is 1.77 bits per heavy atom. The van der Waals surface area contributed by atoms with Gasteiger partial charge in [0.05, 0.1) is 29.9 Å². The number of hydrogen-bond acceptors (Lipinski definition) is 3. The zero-order valence-electron chi connectivity index (χ0n) is 11.6. The molecule has 1 heterocycles. The van der Waals surface area contributed by atoms with E-state index < -0.39 is 11.7 Å². The number of anilines is 1. The number of ether oxygens (including phenoxy) is 1. The molecule has 0 fully saturated rings. The predicted molar refractivity (Wildman–Crippen MR) is 85.0 cm³/mol. The van der Waals surface area contributed by atoms with E-state index in [0.717, 1.165) is 5.56 Å². The lowest BCUT2D eigenvalue weighted by atomic mass is 10.1. The van der Waals surface area contributed by atoms with Crippen molar-refractivity contribution in [3.05, 3.63) is 57.6 Å². The summed E-state index contributed by atoms with van der Waals surface area (Å²) in [6, 6.07) is 10.3. The molecule has 0 spiro atoms. The van der Waals surface area contributed by atoms with Crippen LogP contribution >= 0.6 is 23.2 Å². The highest BCUT2D eigenvalue weighted by molar-refractivity contribution is 6.55. The maximum absolute atomic E-state index is 12.3. The molecule has 0 saturated carbocycles. The van der Waals surface area contributed by atoms with Gasteiger partial charge in [-0.15, -0.1) is 0 Å². The minimum atomic E-state index is -0.638. The maximum Gasteiger partial charge on any atom is 0.299 e. The lowest BCUT2D eigenvalue weighted by Gasteiger charge is -2.19. The Morgan fingerprint density at radius 1 is 1.05 bits per heavy atom. The average molecular weight is 336 g/mol. The van der Waals surface area contributed by atoms with E-state index in [-0.39, 0.29) is 17.1 Å². The van der Waals surface area contributed by atoms with Crippen LogP contribution in [0.1, 0.15) is 15.9 Å². The number of rotatable bonds is 3. The molecule has 0 atom stereocenters. The number of carbonyl (C=O) groups excluding carboxylic acids is 2. The first-order valence-electron chi connectivity index (χ1n) is 6.50. The highest BCUT2D eigenvalue weighted by atomic mass is 35.5. The molecular weight excluding hydrogens is 325 g/mol. The molecule has 2 aromatic carbocycles. The maximum atomic E-state index is 12.3. The van der Waals surface area contributed by atoms with Crippen LogP contribution in [0.25, 0.3) is 0 Å². The molecule has 0 aromatic heterocycles. The van der Waals surface area contributed by atoms with E-state index in [9.17, 15) is 9.59 Å². The predicted octanol–water partition coefficient (Wildman–Crippen LogP) is 3.73. The second-order valence-electron chi connectivity index (χ2n) is 4.79. The fourth-order valence-corrected chi connectivity index (χ4v) is 2.91. The zero-order chi connectivity index (χ0) is 15.9. The average Bonchev–Trinajstić information content (AvgIpc) is 2.76. The molecule has 1 aliphatic heterocycles. The van der Waals surface area contributed by atoms with Gasteiger partial charge in [-0.25, -0.2) is 0 Å². The first kappa shape index (κ1) is 14.9. The van der Waals surface area contributed by atoms with Crippen LogP contribution in [0, 0.1) is 0 Å². The van der Waals surface area contributed by atoms with Gasteiger partial charge < -0.3 is 4.74 Å². The van der Waals surface area contributed by atoms with Gasteiger partial charge in [0.25, 0.3) is 11.7 Å². The fourth-order valence-electron chi connectivity index (χ4n) is 2.47. The van der Waals surface area contributed by atoms with Crippen molar-refractivity contribution in [1.29, 1.82) is 0 Å². The Bertz CT molecular complexity index is 789. The quantitative estimate of drug-likeness (QED) is 0.803. The second-order valence-corrected chi connectivity index (χ2v) is 5.60. The highest BCUT2D eigenvalue weighted by Gasteiger charge is 2.40. The first-order valence-corrected chi connectivity index (χ1v) is 7.26. The van der Waals surface area contributed by atoms with Crippen LogP contribution in [0.2, 0.25) is 10.0 Å². The van der Waals surface area contributed by atoms with Crippen molar-refractivity contribution in [2.24, 2.45) is 0 Å². The van der Waals surface area contributed by atoms with Crippen molar-refractivity contribution in [2.45, 2.75) is 6.54 Å². The van der Waals surface area contributed by atoms with Gasteiger partial charge >= 0.3 is 0 Å². The Hall–Kier alpha value is -2.04. The van der Waals surface area contributed by atoms with E-state index in [4.69, 9.17) is 27.9 Å². The standard InChI is InChI=1S/C16H11Cl2NO3/c1-22-12-7-6-11(18)13-14(12)19(16(21)15(13)20)8-9-4-2-3-5-10(9)17/h2-7H,8H2,1H3. The van der Waals surface area contributed by atoms with Crippen LogP contribution in [0.5, 0.6) is 5.75 Å². The lowest BCUT2D eigenvalue weighted by Crippen LogP contribution is -2.29. The third kappa shape index (κ3) is 2.25. The third-order valence-electron chi connectivity index (χ3n) is 3.53.